The Bertz CT molecular complexity index is 381. The lowest BCUT2D eigenvalue weighted by atomic mass is 10.2. The van der Waals surface area contributed by atoms with Crippen LogP contribution in [0.15, 0.2) is 0 Å². The highest BCUT2D eigenvalue weighted by Gasteiger charge is 2.23. The zero-order valence-corrected chi connectivity index (χ0v) is 12.3. The first-order chi connectivity index (χ1) is 7.58. The minimum absolute atomic E-state index is 0.147. The van der Waals surface area contributed by atoms with Crippen LogP contribution in [0.2, 0.25) is 10.3 Å². The summed E-state index contributed by atoms with van der Waals surface area (Å²) in [6.45, 7) is 2.35. The van der Waals surface area contributed by atoms with Crippen LogP contribution in [0, 0.1) is 3.57 Å². The minimum atomic E-state index is -0.147. The maximum atomic E-state index is 5.96. The van der Waals surface area contributed by atoms with Crippen LogP contribution in [0.25, 0.3) is 0 Å². The lowest BCUT2D eigenvalue weighted by molar-refractivity contribution is -0.0255. The third kappa shape index (κ3) is 2.76. The van der Waals surface area contributed by atoms with Crippen molar-refractivity contribution in [3.05, 3.63) is 19.7 Å². The standard InChI is InChI=1S/C9H10Cl2IN3O/c1-15-2-3-16-5(4-15)9-13-7(10)6(12)8(11)14-9/h5H,2-4H2,1H3. The third-order valence-corrected chi connectivity index (χ3v) is 4.55. The maximum absolute atomic E-state index is 5.96. The van der Waals surface area contributed by atoms with Gasteiger partial charge in [-0.25, -0.2) is 9.97 Å². The van der Waals surface area contributed by atoms with Crippen molar-refractivity contribution in [1.82, 2.24) is 14.9 Å². The molecule has 0 radical (unpaired) electrons. The fraction of sp³-hybridized carbons (Fsp3) is 0.556. The predicted molar refractivity (Wildman–Crippen MR) is 71.0 cm³/mol. The van der Waals surface area contributed by atoms with Crippen LogP contribution >= 0.6 is 45.8 Å². The van der Waals surface area contributed by atoms with Crippen molar-refractivity contribution in [2.24, 2.45) is 0 Å². The molecule has 1 saturated heterocycles. The summed E-state index contributed by atoms with van der Waals surface area (Å²) in [5, 5.41) is 0.764. The first kappa shape index (κ1) is 12.8. The van der Waals surface area contributed by atoms with E-state index in [1.165, 1.54) is 0 Å². The van der Waals surface area contributed by atoms with Gasteiger partial charge in [0.25, 0.3) is 0 Å². The molecule has 0 amide bonds. The summed E-state index contributed by atoms with van der Waals surface area (Å²) >= 11 is 13.9. The van der Waals surface area contributed by atoms with Crippen LogP contribution < -0.4 is 0 Å². The molecule has 0 aliphatic carbocycles. The van der Waals surface area contributed by atoms with Gasteiger partial charge in [0.1, 0.15) is 16.4 Å². The van der Waals surface area contributed by atoms with Crippen LogP contribution in [0.4, 0.5) is 0 Å². The number of hydrogen-bond acceptors (Lipinski definition) is 4. The van der Waals surface area contributed by atoms with Crippen LogP contribution in [0.1, 0.15) is 11.9 Å². The summed E-state index contributed by atoms with van der Waals surface area (Å²) in [6, 6.07) is 0. The monoisotopic (exact) mass is 373 g/mol. The molecule has 1 fully saturated rings. The Morgan fingerprint density at radius 2 is 2.00 bits per heavy atom. The Kier molecular flexibility index (Phi) is 4.23. The van der Waals surface area contributed by atoms with Crippen molar-refractivity contribution >= 4 is 45.8 Å². The highest BCUT2D eigenvalue weighted by molar-refractivity contribution is 14.1. The molecule has 16 heavy (non-hydrogen) atoms. The predicted octanol–water partition coefficient (Wildman–Crippen LogP) is 2.39. The van der Waals surface area contributed by atoms with Crippen molar-refractivity contribution in [3.8, 4) is 0 Å². The number of hydrogen-bond donors (Lipinski definition) is 0. The summed E-state index contributed by atoms with van der Waals surface area (Å²) in [7, 11) is 2.03. The van der Waals surface area contributed by atoms with E-state index in [2.05, 4.69) is 14.9 Å². The van der Waals surface area contributed by atoms with Gasteiger partial charge < -0.3 is 9.64 Å². The Labute approximate surface area is 117 Å². The van der Waals surface area contributed by atoms with Gasteiger partial charge in [-0.3, -0.25) is 0 Å². The molecule has 0 aromatic carbocycles. The topological polar surface area (TPSA) is 38.2 Å². The third-order valence-electron chi connectivity index (χ3n) is 2.35. The van der Waals surface area contributed by atoms with Crippen LogP contribution in [0.5, 0.6) is 0 Å². The highest BCUT2D eigenvalue weighted by Crippen LogP contribution is 2.26. The SMILES string of the molecule is CN1CCOC(c2nc(Cl)c(I)c(Cl)n2)C1. The van der Waals surface area contributed by atoms with Crippen LogP contribution in [0.3, 0.4) is 0 Å². The average Bonchev–Trinajstić information content (AvgIpc) is 2.25. The van der Waals surface area contributed by atoms with Gasteiger partial charge in [0.2, 0.25) is 0 Å². The zero-order chi connectivity index (χ0) is 11.7. The molecular formula is C9H10Cl2IN3O. The van der Waals surface area contributed by atoms with Gasteiger partial charge in [-0.05, 0) is 29.6 Å². The lowest BCUT2D eigenvalue weighted by Crippen LogP contribution is -2.36. The first-order valence-corrected chi connectivity index (χ1v) is 6.60. The molecule has 88 valence electrons. The second-order valence-corrected chi connectivity index (χ2v) is 5.39. The Balaban J connectivity index is 2.26. The highest BCUT2D eigenvalue weighted by atomic mass is 127. The molecule has 1 aromatic heterocycles. The fourth-order valence-electron chi connectivity index (χ4n) is 1.49. The molecule has 4 nitrogen and oxygen atoms in total. The number of nitrogens with zero attached hydrogens (tertiary/aromatic N) is 3. The Morgan fingerprint density at radius 3 is 2.56 bits per heavy atom. The molecular weight excluding hydrogens is 364 g/mol. The minimum Gasteiger partial charge on any atom is -0.368 e. The maximum Gasteiger partial charge on any atom is 0.161 e. The number of halogens is 3. The molecule has 1 aliphatic rings. The second-order valence-electron chi connectivity index (χ2n) is 3.60. The van der Waals surface area contributed by atoms with Gasteiger partial charge in [0, 0.05) is 13.1 Å². The quantitative estimate of drug-likeness (QED) is 0.559. The van der Waals surface area contributed by atoms with Crippen molar-refractivity contribution < 1.29 is 4.74 Å². The molecule has 1 unspecified atom stereocenters. The smallest absolute Gasteiger partial charge is 0.161 e. The lowest BCUT2D eigenvalue weighted by Gasteiger charge is -2.29. The number of morpholine rings is 1. The summed E-state index contributed by atoms with van der Waals surface area (Å²) < 4.78 is 6.27. The van der Waals surface area contributed by atoms with E-state index < -0.39 is 0 Å². The molecule has 1 atom stereocenters. The van der Waals surface area contributed by atoms with Crippen molar-refractivity contribution in [1.29, 1.82) is 0 Å². The van der Waals surface area contributed by atoms with Crippen molar-refractivity contribution in [2.45, 2.75) is 6.10 Å². The van der Waals surface area contributed by atoms with Gasteiger partial charge in [-0.15, -0.1) is 0 Å². The molecule has 0 bridgehead atoms. The number of ether oxygens (including phenoxy) is 1. The Morgan fingerprint density at radius 1 is 1.38 bits per heavy atom. The van der Waals surface area contributed by atoms with E-state index in [-0.39, 0.29) is 6.10 Å². The van der Waals surface area contributed by atoms with E-state index in [1.54, 1.807) is 0 Å². The summed E-state index contributed by atoms with van der Waals surface area (Å²) in [6.07, 6.45) is -0.147. The van der Waals surface area contributed by atoms with Gasteiger partial charge in [0.15, 0.2) is 5.82 Å². The largest absolute Gasteiger partial charge is 0.368 e. The first-order valence-electron chi connectivity index (χ1n) is 4.76. The van der Waals surface area contributed by atoms with Crippen molar-refractivity contribution in [2.75, 3.05) is 26.7 Å². The molecule has 2 rings (SSSR count). The van der Waals surface area contributed by atoms with E-state index in [4.69, 9.17) is 27.9 Å². The van der Waals surface area contributed by atoms with Gasteiger partial charge in [0.05, 0.1) is 10.2 Å². The van der Waals surface area contributed by atoms with E-state index in [0.29, 0.717) is 26.3 Å². The van der Waals surface area contributed by atoms with Gasteiger partial charge in [-0.2, -0.15) is 0 Å². The summed E-state index contributed by atoms with van der Waals surface area (Å²) in [5.74, 6) is 0.557. The van der Waals surface area contributed by atoms with E-state index >= 15 is 0 Å². The molecule has 2 heterocycles. The van der Waals surface area contributed by atoms with Gasteiger partial charge >= 0.3 is 0 Å². The van der Waals surface area contributed by atoms with E-state index in [0.717, 1.165) is 13.1 Å². The van der Waals surface area contributed by atoms with Crippen molar-refractivity contribution in [3.63, 3.8) is 0 Å². The number of aromatic nitrogens is 2. The summed E-state index contributed by atoms with van der Waals surface area (Å²) in [5.41, 5.74) is 0. The van der Waals surface area contributed by atoms with Gasteiger partial charge in [-0.1, -0.05) is 23.2 Å². The summed E-state index contributed by atoms with van der Waals surface area (Å²) in [4.78, 5) is 10.6. The number of likely N-dealkylation sites (N-methyl/N-ethyl adjacent to an activating group) is 1. The number of rotatable bonds is 1. The van der Waals surface area contributed by atoms with E-state index in [1.807, 2.05) is 29.6 Å². The average molecular weight is 374 g/mol. The van der Waals surface area contributed by atoms with E-state index in [9.17, 15) is 0 Å². The second kappa shape index (κ2) is 5.30. The molecule has 1 aliphatic heterocycles. The van der Waals surface area contributed by atoms with Crippen LogP contribution in [-0.2, 0) is 4.74 Å². The molecule has 1 aromatic rings. The normalized spacial score (nSPS) is 22.4. The van der Waals surface area contributed by atoms with Crippen LogP contribution in [-0.4, -0.2) is 41.6 Å². The fourth-order valence-corrected chi connectivity index (χ4v) is 2.13. The molecule has 7 heteroatoms. The molecule has 0 N–H and O–H groups in total. The molecule has 0 saturated carbocycles. The zero-order valence-electron chi connectivity index (χ0n) is 8.58. The Hall–Kier alpha value is 0.310. The molecule has 0 spiro atoms.